The molecule has 1 fully saturated rings. The quantitative estimate of drug-likeness (QED) is 0.869. The van der Waals surface area contributed by atoms with Crippen molar-refractivity contribution in [1.29, 1.82) is 0 Å². The van der Waals surface area contributed by atoms with Crippen molar-refractivity contribution in [1.82, 2.24) is 14.5 Å². The van der Waals surface area contributed by atoms with Crippen molar-refractivity contribution in [3.05, 3.63) is 36.2 Å². The fourth-order valence-electron chi connectivity index (χ4n) is 2.85. The first-order valence-corrected chi connectivity index (χ1v) is 7.49. The van der Waals surface area contributed by atoms with E-state index in [1.807, 2.05) is 29.2 Å². The van der Waals surface area contributed by atoms with Crippen molar-refractivity contribution in [2.75, 3.05) is 19.7 Å². The average molecular weight is 287 g/mol. The highest BCUT2D eigenvalue weighted by molar-refractivity contribution is 5.93. The number of fused-ring (bicyclic) bond motifs is 1. The number of rotatable bonds is 3. The number of pyridine rings is 1. The van der Waals surface area contributed by atoms with Gasteiger partial charge in [0.1, 0.15) is 5.69 Å². The first-order valence-electron chi connectivity index (χ1n) is 7.49. The Morgan fingerprint density at radius 3 is 3.10 bits per heavy atom. The number of carbonyl (C=O) groups is 1. The van der Waals surface area contributed by atoms with E-state index in [1.165, 1.54) is 0 Å². The summed E-state index contributed by atoms with van der Waals surface area (Å²) in [7, 11) is 0. The van der Waals surface area contributed by atoms with Gasteiger partial charge in [0.05, 0.1) is 24.4 Å². The van der Waals surface area contributed by atoms with Crippen LogP contribution in [0.2, 0.25) is 0 Å². The smallest absolute Gasteiger partial charge is 0.272 e. The summed E-state index contributed by atoms with van der Waals surface area (Å²) >= 11 is 0. The SMILES string of the molecule is CC(C)CC1CN(C(=O)c2cccc3ccnn23)CCO1. The van der Waals surface area contributed by atoms with Gasteiger partial charge in [0.2, 0.25) is 0 Å². The number of hydrogen-bond acceptors (Lipinski definition) is 3. The summed E-state index contributed by atoms with van der Waals surface area (Å²) in [5, 5.41) is 4.24. The Labute approximate surface area is 124 Å². The number of amides is 1. The highest BCUT2D eigenvalue weighted by Crippen LogP contribution is 2.16. The maximum Gasteiger partial charge on any atom is 0.272 e. The van der Waals surface area contributed by atoms with Gasteiger partial charge in [-0.05, 0) is 30.5 Å². The van der Waals surface area contributed by atoms with Crippen LogP contribution in [0.1, 0.15) is 30.8 Å². The molecule has 2 aromatic rings. The van der Waals surface area contributed by atoms with Gasteiger partial charge in [-0.15, -0.1) is 0 Å². The molecule has 0 radical (unpaired) electrons. The average Bonchev–Trinajstić information content (AvgIpc) is 2.94. The minimum atomic E-state index is 0.0290. The predicted octanol–water partition coefficient (Wildman–Crippen LogP) is 2.22. The summed E-state index contributed by atoms with van der Waals surface area (Å²) in [6.07, 6.45) is 2.84. The fourth-order valence-corrected chi connectivity index (χ4v) is 2.85. The van der Waals surface area contributed by atoms with E-state index in [0.29, 0.717) is 31.3 Å². The van der Waals surface area contributed by atoms with Crippen LogP contribution in [0, 0.1) is 5.92 Å². The van der Waals surface area contributed by atoms with Crippen LogP contribution in [0.3, 0.4) is 0 Å². The van der Waals surface area contributed by atoms with Crippen molar-refractivity contribution in [3.8, 4) is 0 Å². The van der Waals surface area contributed by atoms with Crippen LogP contribution in [0.5, 0.6) is 0 Å². The van der Waals surface area contributed by atoms with Crippen LogP contribution in [0.4, 0.5) is 0 Å². The van der Waals surface area contributed by atoms with Crippen molar-refractivity contribution in [2.24, 2.45) is 5.92 Å². The molecule has 5 heteroatoms. The molecule has 1 amide bonds. The largest absolute Gasteiger partial charge is 0.375 e. The fraction of sp³-hybridized carbons (Fsp3) is 0.500. The zero-order chi connectivity index (χ0) is 14.8. The van der Waals surface area contributed by atoms with E-state index in [9.17, 15) is 4.79 Å². The van der Waals surface area contributed by atoms with E-state index in [-0.39, 0.29) is 12.0 Å². The number of aromatic nitrogens is 2. The minimum Gasteiger partial charge on any atom is -0.375 e. The lowest BCUT2D eigenvalue weighted by atomic mass is 10.0. The van der Waals surface area contributed by atoms with E-state index in [1.54, 1.807) is 10.7 Å². The van der Waals surface area contributed by atoms with Crippen LogP contribution >= 0.6 is 0 Å². The lowest BCUT2D eigenvalue weighted by molar-refractivity contribution is -0.0300. The van der Waals surface area contributed by atoms with E-state index in [0.717, 1.165) is 11.9 Å². The molecule has 0 spiro atoms. The Morgan fingerprint density at radius 2 is 2.29 bits per heavy atom. The van der Waals surface area contributed by atoms with E-state index in [4.69, 9.17) is 4.74 Å². The van der Waals surface area contributed by atoms with Gasteiger partial charge < -0.3 is 9.64 Å². The van der Waals surface area contributed by atoms with Crippen LogP contribution in [-0.4, -0.2) is 46.2 Å². The Bertz CT molecular complexity index is 635. The molecule has 1 aliphatic heterocycles. The third-order valence-corrected chi connectivity index (χ3v) is 3.80. The molecule has 2 aromatic heterocycles. The lowest BCUT2D eigenvalue weighted by Gasteiger charge is -2.33. The second kappa shape index (κ2) is 5.85. The number of ether oxygens (including phenoxy) is 1. The molecular formula is C16H21N3O2. The van der Waals surface area contributed by atoms with E-state index >= 15 is 0 Å². The maximum atomic E-state index is 12.8. The molecule has 5 nitrogen and oxygen atoms in total. The molecule has 1 atom stereocenters. The molecule has 112 valence electrons. The van der Waals surface area contributed by atoms with Gasteiger partial charge >= 0.3 is 0 Å². The first kappa shape index (κ1) is 14.1. The summed E-state index contributed by atoms with van der Waals surface area (Å²) in [6, 6.07) is 7.58. The zero-order valence-electron chi connectivity index (χ0n) is 12.5. The standard InChI is InChI=1S/C16H21N3O2/c1-12(2)10-14-11-18(8-9-21-14)16(20)15-5-3-4-13-6-7-17-19(13)15/h3-7,12,14H,8-11H2,1-2H3. The molecule has 0 saturated carbocycles. The van der Waals surface area contributed by atoms with Gasteiger partial charge in [0.15, 0.2) is 0 Å². The molecule has 0 aromatic carbocycles. The van der Waals surface area contributed by atoms with Crippen molar-refractivity contribution in [2.45, 2.75) is 26.4 Å². The maximum absolute atomic E-state index is 12.8. The molecule has 1 unspecified atom stereocenters. The van der Waals surface area contributed by atoms with Crippen molar-refractivity contribution >= 4 is 11.4 Å². The number of nitrogens with zero attached hydrogens (tertiary/aromatic N) is 3. The highest BCUT2D eigenvalue weighted by Gasteiger charge is 2.26. The molecule has 3 heterocycles. The van der Waals surface area contributed by atoms with Gasteiger partial charge in [-0.2, -0.15) is 5.10 Å². The molecular weight excluding hydrogens is 266 g/mol. The van der Waals surface area contributed by atoms with Gasteiger partial charge in [-0.1, -0.05) is 19.9 Å². The van der Waals surface area contributed by atoms with Crippen LogP contribution in [0.25, 0.3) is 5.52 Å². The predicted molar refractivity (Wildman–Crippen MR) is 80.3 cm³/mol. The van der Waals surface area contributed by atoms with E-state index in [2.05, 4.69) is 18.9 Å². The summed E-state index contributed by atoms with van der Waals surface area (Å²) < 4.78 is 7.46. The monoisotopic (exact) mass is 287 g/mol. The topological polar surface area (TPSA) is 46.8 Å². The molecule has 3 rings (SSSR count). The molecule has 21 heavy (non-hydrogen) atoms. The molecule has 0 N–H and O–H groups in total. The Hall–Kier alpha value is -1.88. The van der Waals surface area contributed by atoms with Crippen molar-refractivity contribution < 1.29 is 9.53 Å². The summed E-state index contributed by atoms with van der Waals surface area (Å²) in [5.41, 5.74) is 1.55. The molecule has 0 aliphatic carbocycles. The number of hydrogen-bond donors (Lipinski definition) is 0. The van der Waals surface area contributed by atoms with Gasteiger partial charge in [0.25, 0.3) is 5.91 Å². The lowest BCUT2D eigenvalue weighted by Crippen LogP contribution is -2.46. The van der Waals surface area contributed by atoms with Gasteiger partial charge in [0, 0.05) is 13.1 Å². The Balaban J connectivity index is 1.80. The van der Waals surface area contributed by atoms with Crippen LogP contribution in [-0.2, 0) is 4.74 Å². The molecule has 1 aliphatic rings. The van der Waals surface area contributed by atoms with E-state index < -0.39 is 0 Å². The normalized spacial score (nSPS) is 19.4. The third-order valence-electron chi connectivity index (χ3n) is 3.80. The molecule has 1 saturated heterocycles. The van der Waals surface area contributed by atoms with Crippen LogP contribution in [0.15, 0.2) is 30.5 Å². The summed E-state index contributed by atoms with van der Waals surface area (Å²) in [4.78, 5) is 14.6. The highest BCUT2D eigenvalue weighted by atomic mass is 16.5. The Morgan fingerprint density at radius 1 is 1.43 bits per heavy atom. The Kier molecular flexibility index (Phi) is 3.92. The summed E-state index contributed by atoms with van der Waals surface area (Å²) in [6.45, 7) is 6.27. The summed E-state index contributed by atoms with van der Waals surface area (Å²) in [5.74, 6) is 0.598. The third kappa shape index (κ3) is 2.93. The van der Waals surface area contributed by atoms with Gasteiger partial charge in [-0.25, -0.2) is 4.52 Å². The number of carbonyl (C=O) groups excluding carboxylic acids is 1. The minimum absolute atomic E-state index is 0.0290. The molecule has 0 bridgehead atoms. The van der Waals surface area contributed by atoms with Crippen molar-refractivity contribution in [3.63, 3.8) is 0 Å². The first-order chi connectivity index (χ1) is 10.1. The number of morpholine rings is 1. The van der Waals surface area contributed by atoms with Gasteiger partial charge in [-0.3, -0.25) is 4.79 Å². The second-order valence-corrected chi connectivity index (χ2v) is 5.95. The zero-order valence-corrected chi connectivity index (χ0v) is 12.5. The second-order valence-electron chi connectivity index (χ2n) is 5.95. The van der Waals surface area contributed by atoms with Crippen LogP contribution < -0.4 is 0 Å².